The van der Waals surface area contributed by atoms with Crippen molar-refractivity contribution in [3.05, 3.63) is 72.9 Å². The van der Waals surface area contributed by atoms with Gasteiger partial charge in [-0.1, -0.05) is 23.4 Å². The highest BCUT2D eigenvalue weighted by atomic mass is 16.5. The summed E-state index contributed by atoms with van der Waals surface area (Å²) >= 11 is 0. The van der Waals surface area contributed by atoms with Gasteiger partial charge < -0.3 is 14.2 Å². The van der Waals surface area contributed by atoms with E-state index in [0.717, 1.165) is 16.9 Å². The second-order valence-corrected chi connectivity index (χ2v) is 5.00. The smallest absolute Gasteiger partial charge is 0.294 e. The molecule has 23 heavy (non-hydrogen) atoms. The molecule has 0 saturated heterocycles. The van der Waals surface area contributed by atoms with Crippen LogP contribution in [0.15, 0.2) is 71.6 Å². The second kappa shape index (κ2) is 5.42. The quantitative estimate of drug-likeness (QED) is 0.630. The number of pyridine rings is 1. The van der Waals surface area contributed by atoms with Gasteiger partial charge in [0.15, 0.2) is 0 Å². The molecular formula is C17H12N4O2. The molecule has 1 N–H and O–H groups in total. The zero-order valence-electron chi connectivity index (χ0n) is 12.0. The number of anilines is 1. The van der Waals surface area contributed by atoms with Crippen LogP contribution in [0.3, 0.4) is 0 Å². The van der Waals surface area contributed by atoms with E-state index in [1.54, 1.807) is 0 Å². The fourth-order valence-corrected chi connectivity index (χ4v) is 2.36. The van der Waals surface area contributed by atoms with Gasteiger partial charge in [-0.05, 0) is 24.3 Å². The number of nitrogens with one attached hydrogen (secondary N) is 1. The Kier molecular flexibility index (Phi) is 3.12. The first-order chi connectivity index (χ1) is 11.3. The van der Waals surface area contributed by atoms with E-state index in [1.165, 1.54) is 12.3 Å². The van der Waals surface area contributed by atoms with Crippen molar-refractivity contribution in [3.8, 4) is 11.3 Å². The van der Waals surface area contributed by atoms with Crippen LogP contribution in [0.4, 0.5) is 5.69 Å². The highest BCUT2D eigenvalue weighted by Gasteiger charge is 2.11. The lowest BCUT2D eigenvalue weighted by molar-refractivity contribution is 0.0988. The standard InChI is InChI=1S/C17H12N4O2/c22-17(15-7-8-18-23-15)19-13-5-3-4-12(10-13)14-11-21-9-2-1-6-16(21)20-14/h1-11H,(H,19,22). The molecule has 4 aromatic rings. The van der Waals surface area contributed by atoms with Crippen molar-refractivity contribution in [1.82, 2.24) is 14.5 Å². The zero-order valence-corrected chi connectivity index (χ0v) is 12.0. The highest BCUT2D eigenvalue weighted by Crippen LogP contribution is 2.22. The summed E-state index contributed by atoms with van der Waals surface area (Å²) in [7, 11) is 0. The molecule has 3 aromatic heterocycles. The molecule has 3 heterocycles. The van der Waals surface area contributed by atoms with Crippen LogP contribution in [0.25, 0.3) is 16.9 Å². The molecule has 0 bridgehead atoms. The minimum absolute atomic E-state index is 0.170. The second-order valence-electron chi connectivity index (χ2n) is 5.00. The number of nitrogens with zero attached hydrogens (tertiary/aromatic N) is 3. The first kappa shape index (κ1) is 13.3. The topological polar surface area (TPSA) is 72.4 Å². The van der Waals surface area contributed by atoms with Crippen molar-refractivity contribution < 1.29 is 9.32 Å². The number of imidazole rings is 1. The number of rotatable bonds is 3. The van der Waals surface area contributed by atoms with Crippen LogP contribution < -0.4 is 5.32 Å². The van der Waals surface area contributed by atoms with Crippen LogP contribution >= 0.6 is 0 Å². The van der Waals surface area contributed by atoms with Gasteiger partial charge in [0.2, 0.25) is 5.76 Å². The van der Waals surface area contributed by atoms with Crippen LogP contribution in [-0.4, -0.2) is 20.4 Å². The molecule has 0 aliphatic rings. The summed E-state index contributed by atoms with van der Waals surface area (Å²) in [6.07, 6.45) is 5.33. The summed E-state index contributed by atoms with van der Waals surface area (Å²) in [5, 5.41) is 6.31. The lowest BCUT2D eigenvalue weighted by atomic mass is 10.1. The van der Waals surface area contributed by atoms with Gasteiger partial charge in [0.05, 0.1) is 11.9 Å². The van der Waals surface area contributed by atoms with Gasteiger partial charge in [-0.25, -0.2) is 4.98 Å². The van der Waals surface area contributed by atoms with Crippen LogP contribution in [0.5, 0.6) is 0 Å². The lowest BCUT2D eigenvalue weighted by Gasteiger charge is -2.04. The number of benzene rings is 1. The summed E-state index contributed by atoms with van der Waals surface area (Å²) in [6, 6.07) is 14.9. The van der Waals surface area contributed by atoms with Gasteiger partial charge in [0, 0.05) is 29.7 Å². The molecule has 0 unspecified atom stereocenters. The molecule has 4 rings (SSSR count). The van der Waals surface area contributed by atoms with E-state index in [4.69, 9.17) is 4.52 Å². The van der Waals surface area contributed by atoms with E-state index in [0.29, 0.717) is 5.69 Å². The maximum absolute atomic E-state index is 12.0. The number of aromatic nitrogens is 3. The van der Waals surface area contributed by atoms with E-state index >= 15 is 0 Å². The molecule has 6 heteroatoms. The molecule has 0 atom stereocenters. The van der Waals surface area contributed by atoms with Crippen LogP contribution in [-0.2, 0) is 0 Å². The Labute approximate surface area is 131 Å². The van der Waals surface area contributed by atoms with Crippen LogP contribution in [0.1, 0.15) is 10.6 Å². The van der Waals surface area contributed by atoms with E-state index in [1.807, 2.05) is 59.3 Å². The fourth-order valence-electron chi connectivity index (χ4n) is 2.36. The Morgan fingerprint density at radius 3 is 2.91 bits per heavy atom. The first-order valence-corrected chi connectivity index (χ1v) is 7.06. The third-order valence-electron chi connectivity index (χ3n) is 3.44. The molecule has 0 fully saturated rings. The Bertz CT molecular complexity index is 940. The fraction of sp³-hybridized carbons (Fsp3) is 0. The molecule has 6 nitrogen and oxygen atoms in total. The van der Waals surface area contributed by atoms with Crippen molar-refractivity contribution in [1.29, 1.82) is 0 Å². The summed E-state index contributed by atoms with van der Waals surface area (Å²) in [4.78, 5) is 16.6. The molecular weight excluding hydrogens is 292 g/mol. The Morgan fingerprint density at radius 2 is 2.09 bits per heavy atom. The van der Waals surface area contributed by atoms with Gasteiger partial charge in [0.1, 0.15) is 5.65 Å². The lowest BCUT2D eigenvalue weighted by Crippen LogP contribution is -2.10. The molecule has 0 aliphatic carbocycles. The third-order valence-corrected chi connectivity index (χ3v) is 3.44. The summed E-state index contributed by atoms with van der Waals surface area (Å²) < 4.78 is 6.80. The molecule has 0 saturated carbocycles. The zero-order chi connectivity index (χ0) is 15.6. The molecule has 0 aliphatic heterocycles. The van der Waals surface area contributed by atoms with Crippen molar-refractivity contribution in [3.63, 3.8) is 0 Å². The van der Waals surface area contributed by atoms with Gasteiger partial charge in [-0.2, -0.15) is 0 Å². The van der Waals surface area contributed by atoms with Crippen LogP contribution in [0.2, 0.25) is 0 Å². The summed E-state index contributed by atoms with van der Waals surface area (Å²) in [6.45, 7) is 0. The molecule has 112 valence electrons. The van der Waals surface area contributed by atoms with Gasteiger partial charge >= 0.3 is 0 Å². The molecule has 1 amide bonds. The van der Waals surface area contributed by atoms with Gasteiger partial charge in [0.25, 0.3) is 5.91 Å². The van der Waals surface area contributed by atoms with Crippen molar-refractivity contribution in [2.24, 2.45) is 0 Å². The number of amides is 1. The number of fused-ring (bicyclic) bond motifs is 1. The monoisotopic (exact) mass is 304 g/mol. The van der Waals surface area contributed by atoms with Crippen molar-refractivity contribution in [2.45, 2.75) is 0 Å². The SMILES string of the molecule is O=C(Nc1cccc(-c2cn3ccccc3n2)c1)c1ccno1. The average Bonchev–Trinajstić information content (AvgIpc) is 3.24. The maximum Gasteiger partial charge on any atom is 0.294 e. The Balaban J connectivity index is 1.64. The molecule has 0 spiro atoms. The summed E-state index contributed by atoms with van der Waals surface area (Å²) in [5.74, 6) is -0.169. The predicted octanol–water partition coefficient (Wildman–Crippen LogP) is 3.24. The highest BCUT2D eigenvalue weighted by molar-refractivity contribution is 6.02. The Morgan fingerprint density at radius 1 is 1.13 bits per heavy atom. The van der Waals surface area contributed by atoms with E-state index < -0.39 is 0 Å². The van der Waals surface area contributed by atoms with Crippen LogP contribution in [0, 0.1) is 0 Å². The first-order valence-electron chi connectivity index (χ1n) is 7.06. The third kappa shape index (κ3) is 2.57. The number of hydrogen-bond acceptors (Lipinski definition) is 4. The Hall–Kier alpha value is -3.41. The van der Waals surface area contributed by atoms with Crippen molar-refractivity contribution in [2.75, 3.05) is 5.32 Å². The average molecular weight is 304 g/mol. The minimum Gasteiger partial charge on any atom is -0.351 e. The number of hydrogen-bond donors (Lipinski definition) is 1. The van der Waals surface area contributed by atoms with Crippen molar-refractivity contribution >= 4 is 17.2 Å². The van der Waals surface area contributed by atoms with E-state index in [-0.39, 0.29) is 11.7 Å². The van der Waals surface area contributed by atoms with E-state index in [9.17, 15) is 4.79 Å². The largest absolute Gasteiger partial charge is 0.351 e. The summed E-state index contributed by atoms with van der Waals surface area (Å²) in [5.41, 5.74) is 3.30. The van der Waals surface area contributed by atoms with E-state index in [2.05, 4.69) is 15.5 Å². The van der Waals surface area contributed by atoms with Gasteiger partial charge in [-0.15, -0.1) is 0 Å². The number of carbonyl (C=O) groups is 1. The molecule has 0 radical (unpaired) electrons. The number of carbonyl (C=O) groups excluding carboxylic acids is 1. The normalized spacial score (nSPS) is 10.8. The minimum atomic E-state index is -0.338. The maximum atomic E-state index is 12.0. The predicted molar refractivity (Wildman–Crippen MR) is 85.1 cm³/mol. The molecule has 1 aromatic carbocycles. The van der Waals surface area contributed by atoms with Gasteiger partial charge in [-0.3, -0.25) is 4.79 Å².